The van der Waals surface area contributed by atoms with Crippen molar-refractivity contribution in [2.24, 2.45) is 14.1 Å². The van der Waals surface area contributed by atoms with Crippen LogP contribution in [0.15, 0.2) is 40.0 Å². The molecule has 30 heavy (non-hydrogen) atoms. The van der Waals surface area contributed by atoms with Crippen LogP contribution in [0.4, 0.5) is 5.69 Å². The molecule has 1 heterocycles. The molecule has 0 aliphatic carbocycles. The van der Waals surface area contributed by atoms with Gasteiger partial charge < -0.3 is 14.8 Å². The molecule has 3 aromatic rings. The highest BCUT2D eigenvalue weighted by Gasteiger charge is 2.22. The van der Waals surface area contributed by atoms with Crippen LogP contribution in [0.25, 0.3) is 11.0 Å². The highest BCUT2D eigenvalue weighted by Crippen LogP contribution is 2.36. The number of anilines is 1. The van der Waals surface area contributed by atoms with Crippen LogP contribution in [-0.4, -0.2) is 43.4 Å². The Kier molecular flexibility index (Phi) is 5.82. The van der Waals surface area contributed by atoms with Crippen LogP contribution < -0.4 is 20.5 Å². The maximum atomic E-state index is 12.8. The quantitative estimate of drug-likeness (QED) is 0.611. The van der Waals surface area contributed by atoms with Crippen LogP contribution >= 0.6 is 11.6 Å². The van der Waals surface area contributed by atoms with Crippen molar-refractivity contribution in [2.45, 2.75) is 4.90 Å². The molecule has 0 saturated carbocycles. The molecule has 3 rings (SSSR count). The Labute approximate surface area is 177 Å². The van der Waals surface area contributed by atoms with Crippen molar-refractivity contribution >= 4 is 44.1 Å². The number of methoxy groups -OCH3 is 2. The van der Waals surface area contributed by atoms with Crippen molar-refractivity contribution in [1.29, 1.82) is 0 Å². The molecule has 0 atom stereocenters. The van der Waals surface area contributed by atoms with Crippen LogP contribution in [0, 0.1) is 0 Å². The van der Waals surface area contributed by atoms with E-state index in [9.17, 15) is 18.0 Å². The molecule has 0 aliphatic heterocycles. The molecule has 0 spiro atoms. The van der Waals surface area contributed by atoms with Crippen molar-refractivity contribution < 1.29 is 22.7 Å². The van der Waals surface area contributed by atoms with Crippen molar-refractivity contribution in [3.05, 3.63) is 45.8 Å². The van der Waals surface area contributed by atoms with E-state index >= 15 is 0 Å². The number of halogens is 1. The average Bonchev–Trinajstić information content (AvgIpc) is 2.91. The van der Waals surface area contributed by atoms with E-state index in [1.807, 2.05) is 0 Å². The van der Waals surface area contributed by atoms with Crippen molar-refractivity contribution in [2.75, 3.05) is 25.3 Å². The molecule has 2 aromatic carbocycles. The zero-order valence-corrected chi connectivity index (χ0v) is 18.3. The molecule has 0 fully saturated rings. The van der Waals surface area contributed by atoms with E-state index in [-0.39, 0.29) is 27.0 Å². The van der Waals surface area contributed by atoms with E-state index in [1.54, 1.807) is 14.1 Å². The number of hydrogen-bond acceptors (Lipinski definition) is 6. The van der Waals surface area contributed by atoms with E-state index in [0.717, 1.165) is 0 Å². The molecule has 9 nitrogen and oxygen atoms in total. The molecule has 160 valence electrons. The normalized spacial score (nSPS) is 11.5. The van der Waals surface area contributed by atoms with Crippen molar-refractivity contribution in [1.82, 2.24) is 9.13 Å². The fraction of sp³-hybridized carbons (Fsp3) is 0.263. The number of benzene rings is 2. The van der Waals surface area contributed by atoms with Gasteiger partial charge in [-0.05, 0) is 24.3 Å². The van der Waals surface area contributed by atoms with Gasteiger partial charge in [-0.15, -0.1) is 0 Å². The minimum absolute atomic E-state index is 0.0638. The number of ether oxygens (including phenoxy) is 2. The Bertz CT molecular complexity index is 1310. The molecule has 0 unspecified atom stereocenters. The average molecular weight is 454 g/mol. The SMILES string of the molecule is COc1cc(OC)c(NC(=O)CS(=O)(=O)c2ccc3c(c2)n(C)c(=O)n3C)cc1Cl. The summed E-state index contributed by atoms with van der Waals surface area (Å²) in [5.74, 6) is -0.952. The molecule has 0 bridgehead atoms. The first kappa shape index (κ1) is 21.7. The number of nitrogens with zero attached hydrogens (tertiary/aromatic N) is 2. The van der Waals surface area contributed by atoms with Gasteiger partial charge in [0.2, 0.25) is 5.91 Å². The van der Waals surface area contributed by atoms with E-state index in [4.69, 9.17) is 21.1 Å². The summed E-state index contributed by atoms with van der Waals surface area (Å²) in [6.07, 6.45) is 0. The predicted octanol–water partition coefficient (Wildman–Crippen LogP) is 1.96. The summed E-state index contributed by atoms with van der Waals surface area (Å²) in [7, 11) is 2.01. The first-order valence-corrected chi connectivity index (χ1v) is 10.7. The Morgan fingerprint density at radius 2 is 1.67 bits per heavy atom. The Hall–Kier alpha value is -2.98. The number of aryl methyl sites for hydroxylation is 2. The second-order valence-corrected chi connectivity index (χ2v) is 8.94. The van der Waals surface area contributed by atoms with Gasteiger partial charge in [-0.25, -0.2) is 13.2 Å². The zero-order chi connectivity index (χ0) is 22.2. The maximum absolute atomic E-state index is 12.8. The highest BCUT2D eigenvalue weighted by molar-refractivity contribution is 7.92. The van der Waals surface area contributed by atoms with Gasteiger partial charge in [0, 0.05) is 20.2 Å². The topological polar surface area (TPSA) is 109 Å². The van der Waals surface area contributed by atoms with Gasteiger partial charge in [0.1, 0.15) is 17.3 Å². The van der Waals surface area contributed by atoms with E-state index in [0.29, 0.717) is 16.8 Å². The fourth-order valence-electron chi connectivity index (χ4n) is 3.08. The van der Waals surface area contributed by atoms with Crippen LogP contribution in [0.2, 0.25) is 5.02 Å². The number of sulfone groups is 1. The molecule has 0 aliphatic rings. The minimum atomic E-state index is -3.97. The number of imidazole rings is 1. The molecule has 0 radical (unpaired) electrons. The maximum Gasteiger partial charge on any atom is 0.328 e. The smallest absolute Gasteiger partial charge is 0.328 e. The fourth-order valence-corrected chi connectivity index (χ4v) is 4.47. The Morgan fingerprint density at radius 1 is 1.03 bits per heavy atom. The molecule has 11 heteroatoms. The first-order valence-electron chi connectivity index (χ1n) is 8.68. The largest absolute Gasteiger partial charge is 0.495 e. The lowest BCUT2D eigenvalue weighted by molar-refractivity contribution is -0.113. The summed E-state index contributed by atoms with van der Waals surface area (Å²) in [5, 5.41) is 2.73. The monoisotopic (exact) mass is 453 g/mol. The van der Waals surface area contributed by atoms with Crippen LogP contribution in [0.3, 0.4) is 0 Å². The van der Waals surface area contributed by atoms with Gasteiger partial charge >= 0.3 is 5.69 Å². The second kappa shape index (κ2) is 8.04. The number of fused-ring (bicyclic) bond motifs is 1. The number of carbonyl (C=O) groups excluding carboxylic acids is 1. The number of rotatable bonds is 6. The van der Waals surface area contributed by atoms with Crippen molar-refractivity contribution in [3.63, 3.8) is 0 Å². The lowest BCUT2D eigenvalue weighted by atomic mass is 10.2. The van der Waals surface area contributed by atoms with Crippen LogP contribution in [-0.2, 0) is 28.7 Å². The second-order valence-electron chi connectivity index (χ2n) is 6.55. The van der Waals surface area contributed by atoms with Gasteiger partial charge in [0.05, 0.1) is 40.9 Å². The summed E-state index contributed by atoms with van der Waals surface area (Å²) < 4.78 is 38.6. The lowest BCUT2D eigenvalue weighted by Gasteiger charge is -2.13. The van der Waals surface area contributed by atoms with Gasteiger partial charge in [-0.2, -0.15) is 0 Å². The number of hydrogen-bond donors (Lipinski definition) is 1. The number of aromatic nitrogens is 2. The van der Waals surface area contributed by atoms with E-state index < -0.39 is 21.5 Å². The first-order chi connectivity index (χ1) is 14.1. The minimum Gasteiger partial charge on any atom is -0.495 e. The van der Waals surface area contributed by atoms with Crippen LogP contribution in [0.1, 0.15) is 0 Å². The van der Waals surface area contributed by atoms with E-state index in [1.165, 1.54) is 53.7 Å². The standard InChI is InChI=1S/C19H20ClN3O6S/c1-22-14-6-5-11(7-15(14)23(2)19(22)25)30(26,27)10-18(24)21-13-8-12(20)16(28-3)9-17(13)29-4/h5-9H,10H2,1-4H3,(H,21,24). The van der Waals surface area contributed by atoms with E-state index in [2.05, 4.69) is 5.32 Å². The summed E-state index contributed by atoms with van der Waals surface area (Å²) in [4.78, 5) is 24.4. The zero-order valence-electron chi connectivity index (χ0n) is 16.7. The summed E-state index contributed by atoms with van der Waals surface area (Å²) >= 11 is 6.08. The summed E-state index contributed by atoms with van der Waals surface area (Å²) in [6.45, 7) is 0. The molecular formula is C19H20ClN3O6S. The van der Waals surface area contributed by atoms with Crippen molar-refractivity contribution in [3.8, 4) is 11.5 Å². The Morgan fingerprint density at radius 3 is 2.30 bits per heavy atom. The predicted molar refractivity (Wildman–Crippen MR) is 113 cm³/mol. The summed E-state index contributed by atoms with van der Waals surface area (Å²) in [5.41, 5.74) is 0.973. The molecule has 1 N–H and O–H groups in total. The third kappa shape index (κ3) is 3.88. The lowest BCUT2D eigenvalue weighted by Crippen LogP contribution is -2.23. The van der Waals surface area contributed by atoms with Gasteiger partial charge in [-0.3, -0.25) is 13.9 Å². The molecule has 1 amide bonds. The third-order valence-electron chi connectivity index (χ3n) is 4.67. The number of carbonyl (C=O) groups is 1. The Balaban J connectivity index is 1.88. The third-order valence-corrected chi connectivity index (χ3v) is 6.58. The van der Waals surface area contributed by atoms with Gasteiger partial charge in [0.15, 0.2) is 9.84 Å². The number of nitrogens with one attached hydrogen (secondary N) is 1. The molecule has 1 aromatic heterocycles. The van der Waals surface area contributed by atoms with Crippen LogP contribution in [0.5, 0.6) is 11.5 Å². The summed E-state index contributed by atoms with van der Waals surface area (Å²) in [6, 6.07) is 7.18. The molecular weight excluding hydrogens is 434 g/mol. The van der Waals surface area contributed by atoms with Gasteiger partial charge in [-0.1, -0.05) is 11.6 Å². The molecule has 0 saturated heterocycles. The highest BCUT2D eigenvalue weighted by atomic mass is 35.5. The van der Waals surface area contributed by atoms with Gasteiger partial charge in [0.25, 0.3) is 0 Å². The number of amides is 1.